The van der Waals surface area contributed by atoms with Gasteiger partial charge in [-0.05, 0) is 48.1 Å². The van der Waals surface area contributed by atoms with Crippen LogP contribution in [0.5, 0.6) is 0 Å². The van der Waals surface area contributed by atoms with Crippen LogP contribution in [0.2, 0.25) is 0 Å². The molecular formula is C15H14BrNOS. The van der Waals surface area contributed by atoms with Crippen molar-refractivity contribution in [2.45, 2.75) is 19.9 Å². The van der Waals surface area contributed by atoms with Crippen LogP contribution >= 0.6 is 27.3 Å². The fraction of sp³-hybridized carbons (Fsp3) is 0.267. The molecule has 2 nitrogen and oxygen atoms in total. The molecule has 1 aliphatic rings. The first-order valence-electron chi connectivity index (χ1n) is 6.26. The minimum absolute atomic E-state index is 0.135. The summed E-state index contributed by atoms with van der Waals surface area (Å²) in [5, 5.41) is 2.11. The van der Waals surface area contributed by atoms with Crippen LogP contribution in [-0.2, 0) is 13.0 Å². The Balaban J connectivity index is 1.87. The van der Waals surface area contributed by atoms with E-state index in [1.807, 2.05) is 30.0 Å². The summed E-state index contributed by atoms with van der Waals surface area (Å²) in [6.07, 6.45) is 0.978. The number of hydrogen-bond acceptors (Lipinski definition) is 2. The lowest BCUT2D eigenvalue weighted by Crippen LogP contribution is -2.35. The predicted octanol–water partition coefficient (Wildman–Crippen LogP) is 4.02. The number of fused-ring (bicyclic) bond motifs is 1. The van der Waals surface area contributed by atoms with E-state index >= 15 is 0 Å². The summed E-state index contributed by atoms with van der Waals surface area (Å²) in [5.41, 5.74) is 3.13. The zero-order chi connectivity index (χ0) is 13.4. The maximum atomic E-state index is 12.6. The van der Waals surface area contributed by atoms with E-state index in [1.165, 1.54) is 10.4 Å². The average Bonchev–Trinajstić information content (AvgIpc) is 2.88. The van der Waals surface area contributed by atoms with Gasteiger partial charge < -0.3 is 4.90 Å². The smallest absolute Gasteiger partial charge is 0.254 e. The largest absolute Gasteiger partial charge is 0.334 e. The molecule has 0 saturated carbocycles. The second-order valence-electron chi connectivity index (χ2n) is 4.80. The van der Waals surface area contributed by atoms with Crippen molar-refractivity contribution in [1.29, 1.82) is 0 Å². The van der Waals surface area contributed by atoms with Gasteiger partial charge >= 0.3 is 0 Å². The van der Waals surface area contributed by atoms with Gasteiger partial charge in [0.1, 0.15) is 0 Å². The van der Waals surface area contributed by atoms with Crippen LogP contribution < -0.4 is 0 Å². The Morgan fingerprint density at radius 2 is 2.21 bits per heavy atom. The molecule has 2 heterocycles. The molecule has 0 atom stereocenters. The summed E-state index contributed by atoms with van der Waals surface area (Å²) in [6.45, 7) is 3.54. The summed E-state index contributed by atoms with van der Waals surface area (Å²) in [6, 6.07) is 8.00. The van der Waals surface area contributed by atoms with Crippen molar-refractivity contribution in [3.05, 3.63) is 55.7 Å². The third-order valence-corrected chi connectivity index (χ3v) is 5.04. The molecule has 1 aliphatic heterocycles. The molecule has 0 aliphatic carbocycles. The van der Waals surface area contributed by atoms with Crippen molar-refractivity contribution in [1.82, 2.24) is 4.90 Å². The van der Waals surface area contributed by atoms with Crippen LogP contribution in [0.15, 0.2) is 34.1 Å². The number of aryl methyl sites for hydroxylation is 1. The van der Waals surface area contributed by atoms with Gasteiger partial charge in [0.2, 0.25) is 0 Å². The molecule has 3 rings (SSSR count). The van der Waals surface area contributed by atoms with Gasteiger partial charge in [0, 0.05) is 28.0 Å². The molecule has 0 fully saturated rings. The van der Waals surface area contributed by atoms with Gasteiger partial charge in [0.15, 0.2) is 0 Å². The van der Waals surface area contributed by atoms with Crippen LogP contribution in [0.1, 0.15) is 26.4 Å². The zero-order valence-electron chi connectivity index (χ0n) is 10.6. The summed E-state index contributed by atoms with van der Waals surface area (Å²) in [7, 11) is 0. The van der Waals surface area contributed by atoms with Gasteiger partial charge in [-0.15, -0.1) is 11.3 Å². The number of hydrogen-bond donors (Lipinski definition) is 0. The average molecular weight is 336 g/mol. The van der Waals surface area contributed by atoms with Gasteiger partial charge in [-0.2, -0.15) is 0 Å². The molecule has 98 valence electrons. The lowest BCUT2D eigenvalue weighted by Gasteiger charge is -2.27. The first-order chi connectivity index (χ1) is 9.15. The Morgan fingerprint density at radius 1 is 1.37 bits per heavy atom. The highest BCUT2D eigenvalue weighted by atomic mass is 79.9. The number of thiophene rings is 1. The lowest BCUT2D eigenvalue weighted by atomic mass is 10.0. The predicted molar refractivity (Wildman–Crippen MR) is 81.6 cm³/mol. The Bertz CT molecular complexity index is 635. The summed E-state index contributed by atoms with van der Waals surface area (Å²) >= 11 is 5.23. The molecular weight excluding hydrogens is 322 g/mol. The third-order valence-electron chi connectivity index (χ3n) is 3.52. The number of carbonyl (C=O) groups is 1. The number of benzene rings is 1. The molecule has 1 amide bonds. The van der Waals surface area contributed by atoms with Crippen molar-refractivity contribution in [2.24, 2.45) is 0 Å². The molecule has 19 heavy (non-hydrogen) atoms. The molecule has 0 N–H and O–H groups in total. The number of amides is 1. The topological polar surface area (TPSA) is 20.3 Å². The van der Waals surface area contributed by atoms with Crippen LogP contribution in [-0.4, -0.2) is 17.4 Å². The molecule has 1 aromatic carbocycles. The molecule has 0 radical (unpaired) electrons. The van der Waals surface area contributed by atoms with Crippen LogP contribution in [0.4, 0.5) is 0 Å². The molecule has 4 heteroatoms. The third kappa shape index (κ3) is 2.47. The van der Waals surface area contributed by atoms with E-state index in [9.17, 15) is 4.79 Å². The van der Waals surface area contributed by atoms with Gasteiger partial charge in [-0.25, -0.2) is 0 Å². The van der Waals surface area contributed by atoms with Crippen molar-refractivity contribution in [3.8, 4) is 0 Å². The van der Waals surface area contributed by atoms with Crippen molar-refractivity contribution < 1.29 is 4.79 Å². The van der Waals surface area contributed by atoms with Gasteiger partial charge in [0.05, 0.1) is 0 Å². The Labute approximate surface area is 125 Å². The van der Waals surface area contributed by atoms with E-state index in [0.717, 1.165) is 35.1 Å². The summed E-state index contributed by atoms with van der Waals surface area (Å²) < 4.78 is 0.953. The van der Waals surface area contributed by atoms with Gasteiger partial charge in [-0.3, -0.25) is 4.79 Å². The Kier molecular flexibility index (Phi) is 3.46. The fourth-order valence-electron chi connectivity index (χ4n) is 2.42. The van der Waals surface area contributed by atoms with Crippen LogP contribution in [0.25, 0.3) is 0 Å². The van der Waals surface area contributed by atoms with E-state index in [-0.39, 0.29) is 5.91 Å². The molecule has 0 spiro atoms. The maximum Gasteiger partial charge on any atom is 0.254 e. The molecule has 0 saturated heterocycles. The minimum atomic E-state index is 0.135. The number of nitrogens with zero attached hydrogens (tertiary/aromatic N) is 1. The van der Waals surface area contributed by atoms with Gasteiger partial charge in [0.25, 0.3) is 5.91 Å². The van der Waals surface area contributed by atoms with Crippen LogP contribution in [0, 0.1) is 6.92 Å². The first-order valence-corrected chi connectivity index (χ1v) is 7.93. The monoisotopic (exact) mass is 335 g/mol. The minimum Gasteiger partial charge on any atom is -0.334 e. The lowest BCUT2D eigenvalue weighted by molar-refractivity contribution is 0.0735. The number of rotatable bonds is 1. The fourth-order valence-corrected chi connectivity index (χ4v) is 3.67. The highest BCUT2D eigenvalue weighted by Crippen LogP contribution is 2.26. The van der Waals surface area contributed by atoms with Crippen LogP contribution in [0.3, 0.4) is 0 Å². The Morgan fingerprint density at radius 3 is 3.05 bits per heavy atom. The van der Waals surface area contributed by atoms with Crippen molar-refractivity contribution >= 4 is 33.2 Å². The number of halogens is 1. The second-order valence-corrected chi connectivity index (χ2v) is 6.72. The summed E-state index contributed by atoms with van der Waals surface area (Å²) in [5.74, 6) is 0.135. The highest BCUT2D eigenvalue weighted by Gasteiger charge is 2.23. The quantitative estimate of drug-likeness (QED) is 0.770. The first kappa shape index (κ1) is 12.9. The molecule has 1 aromatic heterocycles. The molecule has 2 aromatic rings. The van der Waals surface area contributed by atoms with E-state index in [0.29, 0.717) is 0 Å². The second kappa shape index (κ2) is 5.10. The van der Waals surface area contributed by atoms with Crippen molar-refractivity contribution in [2.75, 3.05) is 6.54 Å². The maximum absolute atomic E-state index is 12.6. The molecule has 0 bridgehead atoms. The zero-order valence-corrected chi connectivity index (χ0v) is 13.1. The van der Waals surface area contributed by atoms with Crippen molar-refractivity contribution in [3.63, 3.8) is 0 Å². The number of carbonyl (C=O) groups excluding carboxylic acids is 1. The normalized spacial score (nSPS) is 14.3. The Hall–Kier alpha value is -1.13. The summed E-state index contributed by atoms with van der Waals surface area (Å²) in [4.78, 5) is 16.0. The van der Waals surface area contributed by atoms with Gasteiger partial charge in [-0.1, -0.05) is 22.0 Å². The van der Waals surface area contributed by atoms with E-state index < -0.39 is 0 Å². The molecule has 0 unspecified atom stereocenters. The SMILES string of the molecule is Cc1ccc(Br)cc1C(=O)N1CCc2sccc2C1. The van der Waals surface area contributed by atoms with E-state index in [1.54, 1.807) is 11.3 Å². The highest BCUT2D eigenvalue weighted by molar-refractivity contribution is 9.10. The van der Waals surface area contributed by atoms with E-state index in [4.69, 9.17) is 0 Å². The standard InChI is InChI=1S/C15H14BrNOS/c1-10-2-3-12(16)8-13(10)15(18)17-6-4-14-11(9-17)5-7-19-14/h2-3,5,7-8H,4,6,9H2,1H3. The van der Waals surface area contributed by atoms with E-state index in [2.05, 4.69) is 27.4 Å².